The second-order valence-electron chi connectivity index (χ2n) is 3.06. The van der Waals surface area contributed by atoms with Gasteiger partial charge in [0, 0.05) is 5.56 Å². The van der Waals surface area contributed by atoms with Crippen LogP contribution in [-0.2, 0) is 22.6 Å². The van der Waals surface area contributed by atoms with E-state index in [0.29, 0.717) is 11.3 Å². The summed E-state index contributed by atoms with van der Waals surface area (Å²) < 4.78 is 9.60. The molecule has 0 aromatic heterocycles. The topological polar surface area (TPSA) is 55.8 Å². The van der Waals surface area contributed by atoms with E-state index in [2.05, 4.69) is 4.74 Å². The average molecular weight is 210 g/mol. The van der Waals surface area contributed by atoms with Crippen LogP contribution in [0.5, 0.6) is 5.75 Å². The summed E-state index contributed by atoms with van der Waals surface area (Å²) in [5.41, 5.74) is 1.46. The van der Waals surface area contributed by atoms with E-state index in [1.807, 2.05) is 0 Å². The molecule has 0 radical (unpaired) electrons. The van der Waals surface area contributed by atoms with Crippen molar-refractivity contribution in [1.29, 1.82) is 0 Å². The number of methoxy groups -OCH3 is 2. The van der Waals surface area contributed by atoms with Gasteiger partial charge in [0.15, 0.2) is 0 Å². The van der Waals surface area contributed by atoms with E-state index in [1.54, 1.807) is 18.2 Å². The zero-order valence-electron chi connectivity index (χ0n) is 8.82. The first-order valence-electron chi connectivity index (χ1n) is 4.54. The fourth-order valence-electron chi connectivity index (χ4n) is 1.30. The standard InChI is InChI=1S/C11H14O4/c1-14-10-4-3-8(5-9(10)7-12)6-11(13)15-2/h3-5,12H,6-7H2,1-2H3. The van der Waals surface area contributed by atoms with E-state index < -0.39 is 0 Å². The van der Waals surface area contributed by atoms with Crippen LogP contribution >= 0.6 is 0 Å². The third-order valence-electron chi connectivity index (χ3n) is 2.09. The number of rotatable bonds is 4. The lowest BCUT2D eigenvalue weighted by Gasteiger charge is -2.08. The molecule has 0 unspecified atom stereocenters. The molecule has 82 valence electrons. The number of hydrogen-bond acceptors (Lipinski definition) is 4. The summed E-state index contributed by atoms with van der Waals surface area (Å²) in [7, 11) is 2.88. The molecule has 4 nitrogen and oxygen atoms in total. The molecule has 0 fully saturated rings. The van der Waals surface area contributed by atoms with Crippen molar-refractivity contribution >= 4 is 5.97 Å². The molecule has 0 saturated carbocycles. The summed E-state index contributed by atoms with van der Waals surface area (Å²) in [5.74, 6) is 0.315. The largest absolute Gasteiger partial charge is 0.496 e. The van der Waals surface area contributed by atoms with Crippen molar-refractivity contribution in [2.45, 2.75) is 13.0 Å². The molecule has 0 aliphatic rings. The highest BCUT2D eigenvalue weighted by molar-refractivity contribution is 5.72. The van der Waals surface area contributed by atoms with Crippen molar-refractivity contribution in [3.05, 3.63) is 29.3 Å². The number of esters is 1. The first-order chi connectivity index (χ1) is 7.21. The lowest BCUT2D eigenvalue weighted by atomic mass is 10.1. The molecule has 0 spiro atoms. The van der Waals surface area contributed by atoms with E-state index in [4.69, 9.17) is 9.84 Å². The van der Waals surface area contributed by atoms with Gasteiger partial charge in [0.2, 0.25) is 0 Å². The normalized spacial score (nSPS) is 9.80. The van der Waals surface area contributed by atoms with Crippen molar-refractivity contribution in [3.8, 4) is 5.75 Å². The van der Waals surface area contributed by atoms with E-state index >= 15 is 0 Å². The van der Waals surface area contributed by atoms with Gasteiger partial charge in [-0.2, -0.15) is 0 Å². The molecule has 15 heavy (non-hydrogen) atoms. The van der Waals surface area contributed by atoms with Crippen molar-refractivity contribution in [2.24, 2.45) is 0 Å². The van der Waals surface area contributed by atoms with Crippen LogP contribution in [0, 0.1) is 0 Å². The molecule has 4 heteroatoms. The molecule has 0 bridgehead atoms. The van der Waals surface area contributed by atoms with Gasteiger partial charge in [0.05, 0.1) is 27.2 Å². The summed E-state index contributed by atoms with van der Waals surface area (Å²) >= 11 is 0. The van der Waals surface area contributed by atoms with Crippen LogP contribution in [0.15, 0.2) is 18.2 Å². The Hall–Kier alpha value is -1.55. The smallest absolute Gasteiger partial charge is 0.309 e. The van der Waals surface area contributed by atoms with Gasteiger partial charge in [0.1, 0.15) is 5.75 Å². The third-order valence-corrected chi connectivity index (χ3v) is 2.09. The van der Waals surface area contributed by atoms with Gasteiger partial charge in [-0.1, -0.05) is 6.07 Å². The molecule has 0 aliphatic heterocycles. The molecule has 1 aromatic carbocycles. The van der Waals surface area contributed by atoms with E-state index in [-0.39, 0.29) is 19.0 Å². The second kappa shape index (κ2) is 5.36. The number of aliphatic hydroxyl groups is 1. The number of aliphatic hydroxyl groups excluding tert-OH is 1. The molecule has 1 aromatic rings. The Balaban J connectivity index is 2.88. The van der Waals surface area contributed by atoms with Crippen molar-refractivity contribution in [1.82, 2.24) is 0 Å². The van der Waals surface area contributed by atoms with Crippen molar-refractivity contribution in [3.63, 3.8) is 0 Å². The lowest BCUT2D eigenvalue weighted by molar-refractivity contribution is -0.139. The van der Waals surface area contributed by atoms with Crippen molar-refractivity contribution < 1.29 is 19.4 Å². The van der Waals surface area contributed by atoms with Crippen LogP contribution in [0.4, 0.5) is 0 Å². The highest BCUT2D eigenvalue weighted by atomic mass is 16.5. The van der Waals surface area contributed by atoms with Gasteiger partial charge in [-0.05, 0) is 17.7 Å². The quantitative estimate of drug-likeness (QED) is 0.750. The van der Waals surface area contributed by atoms with Gasteiger partial charge in [-0.15, -0.1) is 0 Å². The Labute approximate surface area is 88.4 Å². The Bertz CT molecular complexity index is 346. The molecular weight excluding hydrogens is 196 g/mol. The minimum Gasteiger partial charge on any atom is -0.496 e. The van der Waals surface area contributed by atoms with Crippen LogP contribution in [-0.4, -0.2) is 25.3 Å². The highest BCUT2D eigenvalue weighted by Crippen LogP contribution is 2.20. The van der Waals surface area contributed by atoms with Crippen molar-refractivity contribution in [2.75, 3.05) is 14.2 Å². The van der Waals surface area contributed by atoms with Crippen LogP contribution in [0.3, 0.4) is 0 Å². The average Bonchev–Trinajstić information content (AvgIpc) is 2.28. The molecule has 0 amide bonds. The predicted molar refractivity (Wildman–Crippen MR) is 54.6 cm³/mol. The zero-order chi connectivity index (χ0) is 11.3. The molecule has 0 heterocycles. The molecule has 1 rings (SSSR count). The summed E-state index contributed by atoms with van der Waals surface area (Å²) in [4.78, 5) is 11.0. The third kappa shape index (κ3) is 2.95. The first kappa shape index (κ1) is 11.5. The maximum Gasteiger partial charge on any atom is 0.309 e. The minimum atomic E-state index is -0.302. The first-order valence-corrected chi connectivity index (χ1v) is 4.54. The van der Waals surface area contributed by atoms with Gasteiger partial charge in [-0.3, -0.25) is 4.79 Å². The van der Waals surface area contributed by atoms with Gasteiger partial charge >= 0.3 is 5.97 Å². The fourth-order valence-corrected chi connectivity index (χ4v) is 1.30. The Kier molecular flexibility index (Phi) is 4.12. The van der Waals surface area contributed by atoms with Crippen LogP contribution in [0.1, 0.15) is 11.1 Å². The predicted octanol–water partition coefficient (Wildman–Crippen LogP) is 0.903. The van der Waals surface area contributed by atoms with E-state index in [9.17, 15) is 4.79 Å². The SMILES string of the molecule is COC(=O)Cc1ccc(OC)c(CO)c1. The monoisotopic (exact) mass is 210 g/mol. The Morgan fingerprint density at radius 1 is 1.40 bits per heavy atom. The summed E-state index contributed by atoms with van der Waals surface area (Å²) in [6.07, 6.45) is 0.202. The van der Waals surface area contributed by atoms with Gasteiger partial charge in [0.25, 0.3) is 0 Å². The Morgan fingerprint density at radius 3 is 2.67 bits per heavy atom. The fraction of sp³-hybridized carbons (Fsp3) is 0.364. The number of carbonyl (C=O) groups excluding carboxylic acids is 1. The summed E-state index contributed by atoms with van der Waals surface area (Å²) in [6, 6.07) is 5.23. The van der Waals surface area contributed by atoms with Gasteiger partial charge < -0.3 is 14.6 Å². The molecule has 0 atom stereocenters. The number of benzene rings is 1. The molecule has 1 N–H and O–H groups in total. The highest BCUT2D eigenvalue weighted by Gasteiger charge is 2.07. The van der Waals surface area contributed by atoms with E-state index in [0.717, 1.165) is 5.56 Å². The van der Waals surface area contributed by atoms with Crippen LogP contribution < -0.4 is 4.74 Å². The second-order valence-corrected chi connectivity index (χ2v) is 3.06. The minimum absolute atomic E-state index is 0.113. The summed E-state index contributed by atoms with van der Waals surface area (Å²) in [6.45, 7) is -0.113. The van der Waals surface area contributed by atoms with Crippen LogP contribution in [0.25, 0.3) is 0 Å². The zero-order valence-corrected chi connectivity index (χ0v) is 8.82. The summed E-state index contributed by atoms with van der Waals surface area (Å²) in [5, 5.41) is 9.07. The van der Waals surface area contributed by atoms with Crippen LogP contribution in [0.2, 0.25) is 0 Å². The lowest BCUT2D eigenvalue weighted by Crippen LogP contribution is -2.05. The number of carbonyl (C=O) groups is 1. The molecule has 0 saturated heterocycles. The van der Waals surface area contributed by atoms with E-state index in [1.165, 1.54) is 14.2 Å². The molecule has 0 aliphatic carbocycles. The molecular formula is C11H14O4. The number of hydrogen-bond donors (Lipinski definition) is 1. The Morgan fingerprint density at radius 2 is 2.13 bits per heavy atom. The number of ether oxygens (including phenoxy) is 2. The maximum atomic E-state index is 11.0. The maximum absolute atomic E-state index is 11.0. The van der Waals surface area contributed by atoms with Gasteiger partial charge in [-0.25, -0.2) is 0 Å².